The molecule has 0 fully saturated rings. The molecule has 0 bridgehead atoms. The Bertz CT molecular complexity index is 634. The van der Waals surface area contributed by atoms with Crippen LogP contribution in [0.2, 0.25) is 0 Å². The molecule has 2 aromatic heterocycles. The van der Waals surface area contributed by atoms with E-state index in [1.807, 2.05) is 13.8 Å². The zero-order valence-corrected chi connectivity index (χ0v) is 14.4. The highest BCUT2D eigenvalue weighted by Gasteiger charge is 2.14. The van der Waals surface area contributed by atoms with E-state index < -0.39 is 0 Å². The second-order valence-corrected chi connectivity index (χ2v) is 6.61. The van der Waals surface area contributed by atoms with Crippen LogP contribution >= 0.6 is 11.3 Å². The predicted octanol–water partition coefficient (Wildman–Crippen LogP) is 3.35. The first-order valence-corrected chi connectivity index (χ1v) is 8.46. The molecule has 0 aliphatic heterocycles. The molecule has 6 nitrogen and oxygen atoms in total. The SMILES string of the molecule is CCC[C@@H](C)c1nnc(NC(=O)CCc2n[nH]c(C)c2C)s1. The molecule has 0 saturated heterocycles. The number of H-pyrrole nitrogens is 1. The Labute approximate surface area is 134 Å². The van der Waals surface area contributed by atoms with Gasteiger partial charge in [-0.15, -0.1) is 10.2 Å². The lowest BCUT2D eigenvalue weighted by Gasteiger charge is -2.03. The minimum atomic E-state index is -0.0501. The summed E-state index contributed by atoms with van der Waals surface area (Å²) in [5.41, 5.74) is 3.12. The fourth-order valence-electron chi connectivity index (χ4n) is 2.23. The molecular weight excluding hydrogens is 298 g/mol. The van der Waals surface area contributed by atoms with E-state index in [4.69, 9.17) is 0 Å². The van der Waals surface area contributed by atoms with Crippen LogP contribution in [0.4, 0.5) is 5.13 Å². The summed E-state index contributed by atoms with van der Waals surface area (Å²) in [6.07, 6.45) is 3.22. The fourth-order valence-corrected chi connectivity index (χ4v) is 3.08. The van der Waals surface area contributed by atoms with Crippen LogP contribution in [0.25, 0.3) is 0 Å². The van der Waals surface area contributed by atoms with Crippen molar-refractivity contribution in [1.82, 2.24) is 20.4 Å². The molecule has 0 aliphatic rings. The second kappa shape index (κ2) is 7.49. The molecule has 22 heavy (non-hydrogen) atoms. The zero-order valence-electron chi connectivity index (χ0n) is 13.6. The molecule has 2 rings (SSSR count). The van der Waals surface area contributed by atoms with Crippen LogP contribution in [0.1, 0.15) is 61.0 Å². The van der Waals surface area contributed by atoms with Gasteiger partial charge < -0.3 is 5.32 Å². The lowest BCUT2D eigenvalue weighted by Crippen LogP contribution is -2.12. The molecule has 1 atom stereocenters. The van der Waals surface area contributed by atoms with Crippen LogP contribution in [-0.4, -0.2) is 26.3 Å². The van der Waals surface area contributed by atoms with Crippen LogP contribution < -0.4 is 5.32 Å². The number of amides is 1. The maximum absolute atomic E-state index is 12.0. The van der Waals surface area contributed by atoms with Crippen LogP contribution in [0, 0.1) is 13.8 Å². The quantitative estimate of drug-likeness (QED) is 0.819. The average molecular weight is 321 g/mol. The van der Waals surface area contributed by atoms with Crippen molar-refractivity contribution in [2.45, 2.75) is 59.3 Å². The number of aromatic nitrogens is 4. The van der Waals surface area contributed by atoms with Gasteiger partial charge in [0.15, 0.2) is 0 Å². The first-order valence-electron chi connectivity index (χ1n) is 7.65. The van der Waals surface area contributed by atoms with Crippen LogP contribution in [-0.2, 0) is 11.2 Å². The lowest BCUT2D eigenvalue weighted by atomic mass is 10.1. The fraction of sp³-hybridized carbons (Fsp3) is 0.600. The molecule has 0 spiro atoms. The van der Waals surface area contributed by atoms with Crippen molar-refractivity contribution in [1.29, 1.82) is 0 Å². The van der Waals surface area contributed by atoms with Crippen molar-refractivity contribution < 1.29 is 4.79 Å². The van der Waals surface area contributed by atoms with Gasteiger partial charge in [-0.25, -0.2) is 0 Å². The minimum absolute atomic E-state index is 0.0501. The summed E-state index contributed by atoms with van der Waals surface area (Å²) in [5.74, 6) is 0.341. The Kier molecular flexibility index (Phi) is 5.65. The van der Waals surface area contributed by atoms with Gasteiger partial charge in [0.2, 0.25) is 11.0 Å². The number of aromatic amines is 1. The molecule has 2 heterocycles. The Morgan fingerprint density at radius 3 is 2.77 bits per heavy atom. The molecule has 0 aromatic carbocycles. The summed E-state index contributed by atoms with van der Waals surface area (Å²) >= 11 is 1.46. The number of aryl methyl sites for hydroxylation is 2. The van der Waals surface area contributed by atoms with E-state index in [1.54, 1.807) is 0 Å². The van der Waals surface area contributed by atoms with Gasteiger partial charge in [-0.05, 0) is 25.8 Å². The minimum Gasteiger partial charge on any atom is -0.301 e. The summed E-state index contributed by atoms with van der Waals surface area (Å²) in [6, 6.07) is 0. The second-order valence-electron chi connectivity index (χ2n) is 5.60. The number of nitrogens with one attached hydrogen (secondary N) is 2. The molecule has 0 saturated carbocycles. The Morgan fingerprint density at radius 1 is 1.36 bits per heavy atom. The largest absolute Gasteiger partial charge is 0.301 e. The summed E-state index contributed by atoms with van der Waals surface area (Å²) in [5, 5.41) is 19.7. The van der Waals surface area contributed by atoms with E-state index in [0.29, 0.717) is 23.9 Å². The first-order chi connectivity index (χ1) is 10.5. The predicted molar refractivity (Wildman–Crippen MR) is 88.2 cm³/mol. The van der Waals surface area contributed by atoms with E-state index in [-0.39, 0.29) is 5.91 Å². The standard InChI is InChI=1S/C15H23N5OS/c1-5-6-9(2)14-19-20-15(22-14)16-13(21)8-7-12-10(3)11(4)17-18-12/h9H,5-8H2,1-4H3,(H,17,18)(H,16,20,21)/t9-/m1/s1. The maximum Gasteiger partial charge on any atom is 0.226 e. The normalized spacial score (nSPS) is 12.4. The molecular formula is C15H23N5OS. The lowest BCUT2D eigenvalue weighted by molar-refractivity contribution is -0.116. The number of rotatable bonds is 7. The highest BCUT2D eigenvalue weighted by molar-refractivity contribution is 7.15. The van der Waals surface area contributed by atoms with Gasteiger partial charge in [0.05, 0.1) is 5.69 Å². The van der Waals surface area contributed by atoms with E-state index in [0.717, 1.165) is 34.8 Å². The van der Waals surface area contributed by atoms with E-state index >= 15 is 0 Å². The van der Waals surface area contributed by atoms with Gasteiger partial charge in [0.25, 0.3) is 0 Å². The first kappa shape index (κ1) is 16.6. The smallest absolute Gasteiger partial charge is 0.226 e. The molecule has 120 valence electrons. The van der Waals surface area contributed by atoms with Crippen LogP contribution in [0.15, 0.2) is 0 Å². The monoisotopic (exact) mass is 321 g/mol. The summed E-state index contributed by atoms with van der Waals surface area (Å²) in [4.78, 5) is 12.0. The number of carbonyl (C=O) groups excluding carboxylic acids is 1. The molecule has 0 radical (unpaired) electrons. The van der Waals surface area contributed by atoms with E-state index in [2.05, 4.69) is 39.6 Å². The zero-order chi connectivity index (χ0) is 16.1. The number of hydrogen-bond acceptors (Lipinski definition) is 5. The third-order valence-corrected chi connectivity index (χ3v) is 4.84. The summed E-state index contributed by atoms with van der Waals surface area (Å²) in [7, 11) is 0. The summed E-state index contributed by atoms with van der Waals surface area (Å²) in [6.45, 7) is 8.28. The topological polar surface area (TPSA) is 83.6 Å². The van der Waals surface area contributed by atoms with Crippen molar-refractivity contribution in [2.75, 3.05) is 5.32 Å². The maximum atomic E-state index is 12.0. The van der Waals surface area contributed by atoms with Gasteiger partial charge in [-0.2, -0.15) is 5.10 Å². The highest BCUT2D eigenvalue weighted by atomic mass is 32.1. The molecule has 0 aliphatic carbocycles. The Morgan fingerprint density at radius 2 is 2.14 bits per heavy atom. The van der Waals surface area contributed by atoms with Gasteiger partial charge in [0.1, 0.15) is 5.01 Å². The molecule has 2 aromatic rings. The molecule has 7 heteroatoms. The van der Waals surface area contributed by atoms with Crippen molar-refractivity contribution in [3.8, 4) is 0 Å². The van der Waals surface area contributed by atoms with E-state index in [9.17, 15) is 4.79 Å². The average Bonchev–Trinajstić information content (AvgIpc) is 3.06. The highest BCUT2D eigenvalue weighted by Crippen LogP contribution is 2.26. The third-order valence-electron chi connectivity index (χ3n) is 3.77. The van der Waals surface area contributed by atoms with Gasteiger partial charge in [-0.1, -0.05) is 31.6 Å². The number of hydrogen-bond donors (Lipinski definition) is 2. The van der Waals surface area contributed by atoms with Crippen molar-refractivity contribution in [2.24, 2.45) is 0 Å². The number of anilines is 1. The van der Waals surface area contributed by atoms with Crippen molar-refractivity contribution in [3.05, 3.63) is 22.0 Å². The number of nitrogens with zero attached hydrogens (tertiary/aromatic N) is 3. The van der Waals surface area contributed by atoms with Gasteiger partial charge >= 0.3 is 0 Å². The number of carbonyl (C=O) groups is 1. The van der Waals surface area contributed by atoms with Crippen LogP contribution in [0.5, 0.6) is 0 Å². The Balaban J connectivity index is 1.86. The third kappa shape index (κ3) is 4.13. The molecule has 1 amide bonds. The molecule has 2 N–H and O–H groups in total. The van der Waals surface area contributed by atoms with Crippen molar-refractivity contribution >= 4 is 22.4 Å². The summed E-state index contributed by atoms with van der Waals surface area (Å²) < 4.78 is 0. The molecule has 0 unspecified atom stereocenters. The van der Waals surface area contributed by atoms with Crippen LogP contribution in [0.3, 0.4) is 0 Å². The van der Waals surface area contributed by atoms with Gasteiger partial charge in [0, 0.05) is 24.5 Å². The Hall–Kier alpha value is -1.76. The van der Waals surface area contributed by atoms with Gasteiger partial charge in [-0.3, -0.25) is 9.89 Å². The van der Waals surface area contributed by atoms with E-state index in [1.165, 1.54) is 11.3 Å². The van der Waals surface area contributed by atoms with Crippen molar-refractivity contribution in [3.63, 3.8) is 0 Å².